The first-order chi connectivity index (χ1) is 13.1. The molecule has 1 atom stereocenters. The Bertz CT molecular complexity index is 603. The number of piperidine rings is 2. The molecule has 2 aliphatic rings. The monoisotopic (exact) mass is 378 g/mol. The fraction of sp³-hybridized carbons (Fsp3) is 0.619. The van der Waals surface area contributed by atoms with Gasteiger partial charge >= 0.3 is 0 Å². The average molecular weight is 378 g/mol. The molecule has 1 unspecified atom stereocenters. The Labute approximate surface area is 161 Å². The van der Waals surface area contributed by atoms with E-state index in [0.717, 1.165) is 31.8 Å². The summed E-state index contributed by atoms with van der Waals surface area (Å²) < 4.78 is 13.6. The number of carbonyl (C=O) groups is 2. The number of hydrogen-bond acceptors (Lipinski definition) is 3. The molecular weight excluding hydrogens is 347 g/mol. The van der Waals surface area contributed by atoms with E-state index in [-0.39, 0.29) is 18.2 Å². The van der Waals surface area contributed by atoms with Crippen LogP contribution >= 0.6 is 0 Å². The van der Waals surface area contributed by atoms with E-state index in [9.17, 15) is 9.18 Å². The second-order valence-corrected chi connectivity index (χ2v) is 7.46. The number of carboxylic acid groups (broad SMARTS) is 1. The summed E-state index contributed by atoms with van der Waals surface area (Å²) in [4.78, 5) is 25.3. The molecule has 0 bridgehead atoms. The molecule has 0 saturated carbocycles. The molecule has 27 heavy (non-hydrogen) atoms. The number of amides is 1. The lowest BCUT2D eigenvalue weighted by Crippen LogP contribution is -2.47. The lowest BCUT2D eigenvalue weighted by molar-refractivity contribution is -0.133. The predicted molar refractivity (Wildman–Crippen MR) is 103 cm³/mol. The first-order valence-electron chi connectivity index (χ1n) is 9.86. The minimum atomic E-state index is -0.250. The zero-order valence-electron chi connectivity index (χ0n) is 16.1. The van der Waals surface area contributed by atoms with Gasteiger partial charge in [0.1, 0.15) is 5.82 Å². The third kappa shape index (κ3) is 6.31. The highest BCUT2D eigenvalue weighted by atomic mass is 19.1. The van der Waals surface area contributed by atoms with Crippen LogP contribution in [-0.4, -0.2) is 60.0 Å². The van der Waals surface area contributed by atoms with Crippen LogP contribution in [0.5, 0.6) is 0 Å². The van der Waals surface area contributed by atoms with E-state index in [4.69, 9.17) is 9.90 Å². The van der Waals surface area contributed by atoms with Crippen molar-refractivity contribution in [1.29, 1.82) is 0 Å². The lowest BCUT2D eigenvalue weighted by atomic mass is 9.84. The Kier molecular flexibility index (Phi) is 8.72. The summed E-state index contributed by atoms with van der Waals surface area (Å²) >= 11 is 0. The highest BCUT2D eigenvalue weighted by Gasteiger charge is 2.31. The van der Waals surface area contributed by atoms with E-state index in [1.165, 1.54) is 31.9 Å². The molecule has 1 amide bonds. The first kappa shape index (κ1) is 21.4. The van der Waals surface area contributed by atoms with Crippen molar-refractivity contribution in [2.24, 2.45) is 5.92 Å². The molecule has 0 aliphatic carbocycles. The summed E-state index contributed by atoms with van der Waals surface area (Å²) in [7, 11) is 2.25. The van der Waals surface area contributed by atoms with Crippen LogP contribution in [0, 0.1) is 11.7 Å². The van der Waals surface area contributed by atoms with Gasteiger partial charge in [0.15, 0.2) is 0 Å². The molecule has 0 aromatic heterocycles. The minimum absolute atomic E-state index is 0.175. The minimum Gasteiger partial charge on any atom is -0.483 e. The molecule has 150 valence electrons. The van der Waals surface area contributed by atoms with E-state index in [0.29, 0.717) is 24.4 Å². The summed E-state index contributed by atoms with van der Waals surface area (Å²) in [6.45, 7) is 2.70. The van der Waals surface area contributed by atoms with Crippen LogP contribution in [-0.2, 0) is 16.0 Å². The Morgan fingerprint density at radius 1 is 1.19 bits per heavy atom. The van der Waals surface area contributed by atoms with Crippen molar-refractivity contribution >= 4 is 12.4 Å². The van der Waals surface area contributed by atoms with E-state index >= 15 is 0 Å². The van der Waals surface area contributed by atoms with E-state index in [2.05, 4.69) is 11.9 Å². The first-order valence-corrected chi connectivity index (χ1v) is 9.86. The Balaban J connectivity index is 0.000000817. The van der Waals surface area contributed by atoms with E-state index in [1.54, 1.807) is 12.1 Å². The van der Waals surface area contributed by atoms with Crippen molar-refractivity contribution in [2.45, 2.75) is 51.0 Å². The van der Waals surface area contributed by atoms with Crippen LogP contribution in [0.3, 0.4) is 0 Å². The molecular formula is C21H31FN2O3. The number of rotatable bonds is 4. The molecule has 3 rings (SSSR count). The molecule has 1 N–H and O–H groups in total. The molecule has 0 radical (unpaired) electrons. The molecule has 2 saturated heterocycles. The SMILES string of the molecule is CN1CCCCC1C1CCN(C(=O)CCc2ccccc2F)CC1.O=CO. The van der Waals surface area contributed by atoms with Gasteiger partial charge in [-0.2, -0.15) is 0 Å². The van der Waals surface area contributed by atoms with Crippen molar-refractivity contribution in [1.82, 2.24) is 9.80 Å². The number of nitrogens with zero attached hydrogens (tertiary/aromatic N) is 2. The van der Waals surface area contributed by atoms with Crippen LogP contribution in [0.15, 0.2) is 24.3 Å². The molecule has 2 heterocycles. The van der Waals surface area contributed by atoms with Gasteiger partial charge in [-0.05, 0) is 63.2 Å². The number of halogens is 1. The quantitative estimate of drug-likeness (QED) is 0.818. The maximum Gasteiger partial charge on any atom is 0.290 e. The molecule has 2 aliphatic heterocycles. The predicted octanol–water partition coefficient (Wildman–Crippen LogP) is 3.18. The second kappa shape index (κ2) is 11.0. The van der Waals surface area contributed by atoms with Gasteiger partial charge < -0.3 is 14.9 Å². The number of hydrogen-bond donors (Lipinski definition) is 1. The summed E-state index contributed by atoms with van der Waals surface area (Å²) in [6, 6.07) is 7.46. The lowest BCUT2D eigenvalue weighted by Gasteiger charge is -2.42. The second-order valence-electron chi connectivity index (χ2n) is 7.46. The van der Waals surface area contributed by atoms with Crippen molar-refractivity contribution in [3.8, 4) is 0 Å². The number of likely N-dealkylation sites (tertiary alicyclic amines) is 2. The summed E-state index contributed by atoms with van der Waals surface area (Å²) in [5, 5.41) is 6.89. The average Bonchev–Trinajstić information content (AvgIpc) is 2.68. The molecule has 2 fully saturated rings. The summed E-state index contributed by atoms with van der Waals surface area (Å²) in [6.07, 6.45) is 7.10. The van der Waals surface area contributed by atoms with Gasteiger partial charge in [0.05, 0.1) is 0 Å². The highest BCUT2D eigenvalue weighted by molar-refractivity contribution is 5.76. The zero-order chi connectivity index (χ0) is 19.6. The Hall–Kier alpha value is -1.95. The Morgan fingerprint density at radius 3 is 2.48 bits per heavy atom. The number of aryl methyl sites for hydroxylation is 1. The topological polar surface area (TPSA) is 60.9 Å². The van der Waals surface area contributed by atoms with Crippen molar-refractivity contribution in [3.05, 3.63) is 35.6 Å². The van der Waals surface area contributed by atoms with E-state index < -0.39 is 0 Å². The molecule has 6 heteroatoms. The van der Waals surface area contributed by atoms with Gasteiger partial charge in [-0.25, -0.2) is 4.39 Å². The summed E-state index contributed by atoms with van der Waals surface area (Å²) in [5.74, 6) is 0.698. The van der Waals surface area contributed by atoms with E-state index in [1.807, 2.05) is 11.0 Å². The van der Waals surface area contributed by atoms with Gasteiger partial charge in [-0.1, -0.05) is 24.6 Å². The molecule has 1 aromatic rings. The van der Waals surface area contributed by atoms with Gasteiger partial charge in [0.2, 0.25) is 5.91 Å². The maximum absolute atomic E-state index is 13.6. The van der Waals surface area contributed by atoms with Crippen LogP contribution in [0.4, 0.5) is 4.39 Å². The third-order valence-electron chi connectivity index (χ3n) is 5.83. The van der Waals surface area contributed by atoms with Gasteiger partial charge in [-0.3, -0.25) is 9.59 Å². The maximum atomic E-state index is 13.6. The van der Waals surface area contributed by atoms with Crippen LogP contribution < -0.4 is 0 Å². The Morgan fingerprint density at radius 2 is 1.85 bits per heavy atom. The normalized spacial score (nSPS) is 21.3. The standard InChI is InChI=1S/C20H29FN2O.CH2O2/c1-22-13-5-4-8-19(22)17-11-14-23(15-12-17)20(24)10-9-16-6-2-3-7-18(16)21;2-1-3/h2-3,6-7,17,19H,4-5,8-15H2,1H3;1H,(H,2,3). The molecule has 5 nitrogen and oxygen atoms in total. The van der Waals surface area contributed by atoms with Gasteiger partial charge in [0.25, 0.3) is 6.47 Å². The fourth-order valence-electron chi connectivity index (χ4n) is 4.33. The van der Waals surface area contributed by atoms with Crippen molar-refractivity contribution < 1.29 is 19.1 Å². The molecule has 0 spiro atoms. The molecule has 1 aromatic carbocycles. The van der Waals surface area contributed by atoms with Gasteiger partial charge in [0, 0.05) is 25.6 Å². The van der Waals surface area contributed by atoms with Crippen LogP contribution in [0.2, 0.25) is 0 Å². The zero-order valence-corrected chi connectivity index (χ0v) is 16.1. The summed E-state index contributed by atoms with van der Waals surface area (Å²) in [5.41, 5.74) is 0.643. The van der Waals surface area contributed by atoms with Crippen LogP contribution in [0.25, 0.3) is 0 Å². The smallest absolute Gasteiger partial charge is 0.290 e. The number of carbonyl (C=O) groups excluding carboxylic acids is 1. The van der Waals surface area contributed by atoms with Crippen LogP contribution in [0.1, 0.15) is 44.1 Å². The third-order valence-corrected chi connectivity index (χ3v) is 5.83. The van der Waals surface area contributed by atoms with Crippen molar-refractivity contribution in [2.75, 3.05) is 26.7 Å². The van der Waals surface area contributed by atoms with Crippen molar-refractivity contribution in [3.63, 3.8) is 0 Å². The fourth-order valence-corrected chi connectivity index (χ4v) is 4.33. The van der Waals surface area contributed by atoms with Gasteiger partial charge in [-0.15, -0.1) is 0 Å². The largest absolute Gasteiger partial charge is 0.483 e. The highest BCUT2D eigenvalue weighted by Crippen LogP contribution is 2.29. The number of benzene rings is 1.